The average molecular weight is 423 g/mol. The molecule has 2 N–H and O–H groups in total. The molecule has 0 radical (unpaired) electrons. The van der Waals surface area contributed by atoms with E-state index in [0.29, 0.717) is 17.3 Å². The van der Waals surface area contributed by atoms with E-state index in [1.807, 2.05) is 13.0 Å². The van der Waals surface area contributed by atoms with E-state index in [4.69, 9.17) is 0 Å². The van der Waals surface area contributed by atoms with Crippen LogP contribution in [0.2, 0.25) is 0 Å². The smallest absolute Gasteiger partial charge is 0.147 e. The van der Waals surface area contributed by atoms with Gasteiger partial charge in [-0.25, -0.2) is 9.37 Å². The highest BCUT2D eigenvalue weighted by Gasteiger charge is 2.39. The number of aromatic nitrogens is 4. The van der Waals surface area contributed by atoms with Gasteiger partial charge in [0.05, 0.1) is 24.3 Å². The zero-order valence-corrected chi connectivity index (χ0v) is 19.1. The minimum Gasteiger partial charge on any atom is -0.355 e. The Morgan fingerprint density at radius 2 is 1.71 bits per heavy atom. The molecule has 7 heteroatoms. The van der Waals surface area contributed by atoms with Gasteiger partial charge >= 0.3 is 0 Å². The standard InChI is InChI=1S/C24H31FN6/c1-15-7-19(20(25)8-18(15)16-11-28-29-12-16)21-13-27-22(14-26-21)31(6)17-9-23(2,3)30-24(4,5)10-17/h7-8,11-14,17,30H,9-10H2,1-6H3,(H,28,29). The van der Waals surface area contributed by atoms with E-state index in [-0.39, 0.29) is 16.9 Å². The van der Waals surface area contributed by atoms with E-state index in [2.05, 4.69) is 65.1 Å². The van der Waals surface area contributed by atoms with Crippen molar-refractivity contribution in [3.05, 3.63) is 48.3 Å². The van der Waals surface area contributed by atoms with E-state index in [1.165, 1.54) is 6.07 Å². The quantitative estimate of drug-likeness (QED) is 0.636. The number of rotatable bonds is 4. The van der Waals surface area contributed by atoms with Gasteiger partial charge in [-0.2, -0.15) is 5.10 Å². The molecule has 1 fully saturated rings. The van der Waals surface area contributed by atoms with Crippen molar-refractivity contribution in [1.29, 1.82) is 0 Å². The number of halogens is 1. The van der Waals surface area contributed by atoms with Gasteiger partial charge in [0.15, 0.2) is 0 Å². The molecule has 0 saturated carbocycles. The number of benzene rings is 1. The van der Waals surface area contributed by atoms with Crippen LogP contribution in [-0.2, 0) is 0 Å². The third-order valence-electron chi connectivity index (χ3n) is 6.12. The fourth-order valence-corrected chi connectivity index (χ4v) is 4.96. The molecule has 1 aliphatic rings. The first-order valence-corrected chi connectivity index (χ1v) is 10.7. The van der Waals surface area contributed by atoms with Crippen LogP contribution >= 0.6 is 0 Å². The maximum Gasteiger partial charge on any atom is 0.147 e. The molecule has 164 valence electrons. The van der Waals surface area contributed by atoms with Crippen LogP contribution in [0.3, 0.4) is 0 Å². The fourth-order valence-electron chi connectivity index (χ4n) is 4.96. The van der Waals surface area contributed by atoms with Gasteiger partial charge < -0.3 is 10.2 Å². The van der Waals surface area contributed by atoms with Crippen LogP contribution in [0.15, 0.2) is 36.9 Å². The predicted molar refractivity (Wildman–Crippen MR) is 122 cm³/mol. The molecular weight excluding hydrogens is 391 g/mol. The van der Waals surface area contributed by atoms with Gasteiger partial charge in [0.25, 0.3) is 0 Å². The lowest BCUT2D eigenvalue weighted by Gasteiger charge is -2.49. The van der Waals surface area contributed by atoms with Crippen LogP contribution in [0.5, 0.6) is 0 Å². The molecule has 3 heterocycles. The first-order chi connectivity index (χ1) is 14.5. The minimum atomic E-state index is -0.320. The summed E-state index contributed by atoms with van der Waals surface area (Å²) >= 11 is 0. The molecule has 4 rings (SSSR count). The normalized spacial score (nSPS) is 18.2. The van der Waals surface area contributed by atoms with Crippen molar-refractivity contribution in [3.8, 4) is 22.4 Å². The van der Waals surface area contributed by atoms with Crippen molar-refractivity contribution in [2.75, 3.05) is 11.9 Å². The topological polar surface area (TPSA) is 69.7 Å². The van der Waals surface area contributed by atoms with E-state index in [9.17, 15) is 4.39 Å². The predicted octanol–water partition coefficient (Wildman–Crippen LogP) is 4.73. The van der Waals surface area contributed by atoms with Gasteiger partial charge in [-0.3, -0.25) is 10.1 Å². The van der Waals surface area contributed by atoms with Crippen molar-refractivity contribution < 1.29 is 4.39 Å². The maximum atomic E-state index is 14.9. The number of nitrogens with one attached hydrogen (secondary N) is 2. The largest absolute Gasteiger partial charge is 0.355 e. The third kappa shape index (κ3) is 4.46. The third-order valence-corrected chi connectivity index (χ3v) is 6.12. The molecule has 0 aliphatic carbocycles. The summed E-state index contributed by atoms with van der Waals surface area (Å²) in [6.07, 6.45) is 8.89. The second-order valence-corrected chi connectivity index (χ2v) is 9.96. The second kappa shape index (κ2) is 7.71. The summed E-state index contributed by atoms with van der Waals surface area (Å²) in [5.74, 6) is 0.480. The summed E-state index contributed by atoms with van der Waals surface area (Å²) in [5, 5.41) is 10.4. The summed E-state index contributed by atoms with van der Waals surface area (Å²) in [6.45, 7) is 10.9. The fraction of sp³-hybridized carbons (Fsp3) is 0.458. The molecule has 0 amide bonds. The van der Waals surface area contributed by atoms with Crippen LogP contribution in [0.25, 0.3) is 22.4 Å². The molecule has 6 nitrogen and oxygen atoms in total. The van der Waals surface area contributed by atoms with Crippen molar-refractivity contribution in [1.82, 2.24) is 25.5 Å². The Morgan fingerprint density at radius 1 is 1.00 bits per heavy atom. The number of piperidine rings is 1. The Hall–Kier alpha value is -2.80. The van der Waals surface area contributed by atoms with Gasteiger partial charge in [0.1, 0.15) is 11.6 Å². The summed E-state index contributed by atoms with van der Waals surface area (Å²) < 4.78 is 14.9. The van der Waals surface area contributed by atoms with Crippen molar-refractivity contribution in [3.63, 3.8) is 0 Å². The highest BCUT2D eigenvalue weighted by molar-refractivity contribution is 5.72. The SMILES string of the molecule is Cc1cc(-c2cnc(N(C)C3CC(C)(C)NC(C)(C)C3)cn2)c(F)cc1-c1cn[nH]c1. The van der Waals surface area contributed by atoms with Crippen LogP contribution in [0.1, 0.15) is 46.1 Å². The summed E-state index contributed by atoms with van der Waals surface area (Å²) in [7, 11) is 2.07. The number of nitrogens with zero attached hydrogens (tertiary/aromatic N) is 4. The second-order valence-electron chi connectivity index (χ2n) is 9.96. The minimum absolute atomic E-state index is 0.0471. The van der Waals surface area contributed by atoms with Crippen molar-refractivity contribution in [2.45, 2.75) is 64.6 Å². The van der Waals surface area contributed by atoms with Crippen molar-refractivity contribution in [2.24, 2.45) is 0 Å². The van der Waals surface area contributed by atoms with Crippen LogP contribution in [-0.4, -0.2) is 44.3 Å². The van der Waals surface area contributed by atoms with Crippen LogP contribution in [0.4, 0.5) is 10.2 Å². The number of hydrogen-bond acceptors (Lipinski definition) is 5. The number of anilines is 1. The lowest BCUT2D eigenvalue weighted by Crippen LogP contribution is -2.62. The summed E-state index contributed by atoms with van der Waals surface area (Å²) in [4.78, 5) is 11.4. The molecular formula is C24H31FN6. The number of aromatic amines is 1. The molecule has 1 aromatic carbocycles. The lowest BCUT2D eigenvalue weighted by atomic mass is 9.79. The number of hydrogen-bond donors (Lipinski definition) is 2. The maximum absolute atomic E-state index is 14.9. The zero-order chi connectivity index (χ0) is 22.4. The molecule has 2 aromatic heterocycles. The van der Waals surface area contributed by atoms with Gasteiger partial charge in [-0.1, -0.05) is 0 Å². The average Bonchev–Trinajstić information content (AvgIpc) is 3.21. The van der Waals surface area contributed by atoms with Crippen LogP contribution < -0.4 is 10.2 Å². The Labute approximate surface area is 183 Å². The first-order valence-electron chi connectivity index (χ1n) is 10.7. The number of H-pyrrole nitrogens is 1. The van der Waals surface area contributed by atoms with Crippen molar-refractivity contribution >= 4 is 5.82 Å². The Morgan fingerprint density at radius 3 is 2.29 bits per heavy atom. The molecule has 1 saturated heterocycles. The monoisotopic (exact) mass is 422 g/mol. The molecule has 1 aliphatic heterocycles. The molecule has 0 bridgehead atoms. The van der Waals surface area contributed by atoms with Gasteiger partial charge in [0, 0.05) is 41.5 Å². The van der Waals surface area contributed by atoms with E-state index in [0.717, 1.165) is 35.3 Å². The Bertz CT molecular complexity index is 1040. The Kier molecular flexibility index (Phi) is 5.33. The van der Waals surface area contributed by atoms with Gasteiger partial charge in [-0.15, -0.1) is 0 Å². The molecule has 0 unspecified atom stereocenters. The van der Waals surface area contributed by atoms with Gasteiger partial charge in [0.2, 0.25) is 0 Å². The molecule has 31 heavy (non-hydrogen) atoms. The highest BCUT2D eigenvalue weighted by atomic mass is 19.1. The van der Waals surface area contributed by atoms with E-state index in [1.54, 1.807) is 24.8 Å². The van der Waals surface area contributed by atoms with E-state index >= 15 is 0 Å². The molecule has 0 atom stereocenters. The summed E-state index contributed by atoms with van der Waals surface area (Å²) in [6, 6.07) is 3.71. The molecule has 0 spiro atoms. The summed E-state index contributed by atoms with van der Waals surface area (Å²) in [5.41, 5.74) is 3.71. The molecule has 3 aromatic rings. The van der Waals surface area contributed by atoms with Crippen LogP contribution in [0, 0.1) is 12.7 Å². The number of aryl methyl sites for hydroxylation is 1. The first kappa shape index (κ1) is 21.4. The zero-order valence-electron chi connectivity index (χ0n) is 19.1. The van der Waals surface area contributed by atoms with E-state index < -0.39 is 0 Å². The Balaban J connectivity index is 1.58. The lowest BCUT2D eigenvalue weighted by molar-refractivity contribution is 0.160. The highest BCUT2D eigenvalue weighted by Crippen LogP contribution is 2.33. The van der Waals surface area contributed by atoms with Gasteiger partial charge in [-0.05, 0) is 70.7 Å².